The Kier molecular flexibility index (Phi) is 7.48. The summed E-state index contributed by atoms with van der Waals surface area (Å²) in [5, 5.41) is 4.29. The molecule has 3 heterocycles. The second kappa shape index (κ2) is 10.6. The zero-order valence-corrected chi connectivity index (χ0v) is 21.6. The van der Waals surface area contributed by atoms with Crippen molar-refractivity contribution >= 4 is 51.8 Å². The van der Waals surface area contributed by atoms with Gasteiger partial charge in [0, 0.05) is 51.1 Å². The Hall–Kier alpha value is -3.60. The lowest BCUT2D eigenvalue weighted by Gasteiger charge is -2.16. The van der Waals surface area contributed by atoms with E-state index in [1.165, 1.54) is 7.11 Å². The van der Waals surface area contributed by atoms with Crippen LogP contribution in [0.25, 0.3) is 22.2 Å². The Morgan fingerprint density at radius 3 is 2.58 bits per heavy atom. The molecule has 0 atom stereocenters. The molecule has 4 aromatic rings. The quantitative estimate of drug-likeness (QED) is 0.371. The number of aryl methyl sites for hydroxylation is 1. The average molecular weight is 531 g/mol. The normalized spacial score (nSPS) is 11.1. The predicted molar refractivity (Wildman–Crippen MR) is 139 cm³/mol. The van der Waals surface area contributed by atoms with Crippen molar-refractivity contribution < 1.29 is 14.4 Å². The van der Waals surface area contributed by atoms with Crippen LogP contribution in [0.3, 0.4) is 0 Å². The highest BCUT2D eigenvalue weighted by atomic mass is 35.5. The lowest BCUT2D eigenvalue weighted by Crippen LogP contribution is -2.31. The molecule has 0 saturated carbocycles. The van der Waals surface area contributed by atoms with E-state index in [2.05, 4.69) is 15.3 Å². The molecule has 10 nitrogen and oxygen atoms in total. The van der Waals surface area contributed by atoms with E-state index in [0.717, 1.165) is 4.73 Å². The van der Waals surface area contributed by atoms with Gasteiger partial charge in [-0.3, -0.25) is 9.59 Å². The third-order valence-electron chi connectivity index (χ3n) is 5.58. The van der Waals surface area contributed by atoms with E-state index in [9.17, 15) is 9.59 Å². The van der Waals surface area contributed by atoms with Crippen molar-refractivity contribution in [3.63, 3.8) is 0 Å². The van der Waals surface area contributed by atoms with Crippen molar-refractivity contribution in [2.45, 2.75) is 0 Å². The number of pyridine rings is 1. The topological polar surface area (TPSA) is 104 Å². The Morgan fingerprint density at radius 1 is 1.19 bits per heavy atom. The molecule has 0 unspecified atom stereocenters. The van der Waals surface area contributed by atoms with Crippen LogP contribution in [0.5, 0.6) is 0 Å². The molecular formula is C24H24Cl2N6O4. The smallest absolute Gasteiger partial charge is 0.293 e. The maximum Gasteiger partial charge on any atom is 0.293 e. The first-order valence-electron chi connectivity index (χ1n) is 10.8. The molecule has 12 heteroatoms. The van der Waals surface area contributed by atoms with Crippen molar-refractivity contribution in [2.24, 2.45) is 7.05 Å². The Morgan fingerprint density at radius 2 is 1.92 bits per heavy atom. The maximum atomic E-state index is 13.2. The molecular weight excluding hydrogens is 507 g/mol. The van der Waals surface area contributed by atoms with E-state index >= 15 is 0 Å². The van der Waals surface area contributed by atoms with Gasteiger partial charge in [-0.2, -0.15) is 4.98 Å². The summed E-state index contributed by atoms with van der Waals surface area (Å²) in [6.45, 7) is 0.904. The van der Waals surface area contributed by atoms with Crippen molar-refractivity contribution in [3.05, 3.63) is 68.8 Å². The van der Waals surface area contributed by atoms with Gasteiger partial charge < -0.3 is 24.4 Å². The molecule has 0 bridgehead atoms. The van der Waals surface area contributed by atoms with Crippen LogP contribution in [0, 0.1) is 0 Å². The number of aromatic nitrogens is 4. The molecule has 188 valence electrons. The summed E-state index contributed by atoms with van der Waals surface area (Å²) in [4.78, 5) is 41.8. The lowest BCUT2D eigenvalue weighted by atomic mass is 10.1. The second-order valence-electron chi connectivity index (χ2n) is 7.98. The fourth-order valence-corrected chi connectivity index (χ4v) is 4.33. The third-order valence-corrected chi connectivity index (χ3v) is 6.21. The van der Waals surface area contributed by atoms with Crippen molar-refractivity contribution in [2.75, 3.05) is 39.7 Å². The lowest BCUT2D eigenvalue weighted by molar-refractivity contribution is 0.0735. The fourth-order valence-electron chi connectivity index (χ4n) is 3.73. The van der Waals surface area contributed by atoms with E-state index in [0.29, 0.717) is 45.5 Å². The molecule has 0 aliphatic heterocycles. The van der Waals surface area contributed by atoms with Crippen molar-refractivity contribution in [1.82, 2.24) is 24.2 Å². The number of ether oxygens (including phenoxy) is 1. The number of likely N-dealkylation sites (N-methyl/N-ethyl adjacent to an activating group) is 1. The van der Waals surface area contributed by atoms with Gasteiger partial charge in [-0.05, 0) is 24.3 Å². The van der Waals surface area contributed by atoms with Crippen LogP contribution < -0.4 is 15.7 Å². The Balaban J connectivity index is 1.69. The van der Waals surface area contributed by atoms with Gasteiger partial charge in [0.1, 0.15) is 12.8 Å². The van der Waals surface area contributed by atoms with Crippen LogP contribution >= 0.6 is 23.2 Å². The minimum absolute atomic E-state index is 0.152. The maximum absolute atomic E-state index is 13.2. The largest absolute Gasteiger partial charge is 0.412 e. The summed E-state index contributed by atoms with van der Waals surface area (Å²) in [5.74, 6) is 0.0644. The van der Waals surface area contributed by atoms with E-state index in [4.69, 9.17) is 32.8 Å². The summed E-state index contributed by atoms with van der Waals surface area (Å²) in [5.41, 5.74) is 1.51. The van der Waals surface area contributed by atoms with Gasteiger partial charge in [0.25, 0.3) is 11.5 Å². The van der Waals surface area contributed by atoms with Crippen LogP contribution in [0.4, 0.5) is 11.6 Å². The Bertz CT molecular complexity index is 1480. The summed E-state index contributed by atoms with van der Waals surface area (Å²) in [7, 11) is 6.43. The molecule has 0 saturated heterocycles. The van der Waals surface area contributed by atoms with Crippen LogP contribution in [-0.2, 0) is 11.8 Å². The molecule has 1 aromatic carbocycles. The van der Waals surface area contributed by atoms with Crippen molar-refractivity contribution in [3.8, 4) is 11.1 Å². The highest BCUT2D eigenvalue weighted by Crippen LogP contribution is 2.33. The first-order chi connectivity index (χ1) is 17.2. The number of hydrogen-bond donors (Lipinski definition) is 1. The average Bonchev–Trinajstić information content (AvgIpc) is 3.22. The van der Waals surface area contributed by atoms with Gasteiger partial charge in [-0.1, -0.05) is 29.3 Å². The molecule has 36 heavy (non-hydrogen) atoms. The van der Waals surface area contributed by atoms with Gasteiger partial charge in [0.05, 0.1) is 27.9 Å². The van der Waals surface area contributed by atoms with Crippen LogP contribution in [0.1, 0.15) is 10.5 Å². The molecule has 0 spiro atoms. The molecule has 3 aromatic heterocycles. The first kappa shape index (κ1) is 25.5. The van der Waals surface area contributed by atoms with Crippen LogP contribution in [-0.4, -0.2) is 64.5 Å². The molecule has 1 N–H and O–H groups in total. The van der Waals surface area contributed by atoms with Gasteiger partial charge in [-0.15, -0.1) is 4.73 Å². The number of carbonyl (C=O) groups excluding carboxylic acids is 1. The van der Waals surface area contributed by atoms with Gasteiger partial charge in [0.2, 0.25) is 5.95 Å². The minimum Gasteiger partial charge on any atom is -0.412 e. The number of carbonyl (C=O) groups is 1. The number of anilines is 2. The molecule has 4 rings (SSSR count). The third kappa shape index (κ3) is 4.88. The summed E-state index contributed by atoms with van der Waals surface area (Å²) in [6.07, 6.45) is 3.30. The number of rotatable bonds is 8. The standard InChI is InChI=1S/C24H24Cl2N6O4/c1-30(8-9-35-3)23(34)19-11-15(13-31(19)2)28-24-27-12-14-10-16(20-17(25)6-5-7-18(20)26)22(33)32(36-4)21(14)29-24/h5-7,10-13H,8-9H2,1-4H3,(H,27,28,29). The monoisotopic (exact) mass is 530 g/mol. The summed E-state index contributed by atoms with van der Waals surface area (Å²) < 4.78 is 7.81. The van der Waals surface area contributed by atoms with Crippen LogP contribution in [0.15, 0.2) is 47.5 Å². The summed E-state index contributed by atoms with van der Waals surface area (Å²) >= 11 is 12.7. The van der Waals surface area contributed by atoms with Crippen LogP contribution in [0.2, 0.25) is 10.0 Å². The van der Waals surface area contributed by atoms with E-state index in [-0.39, 0.29) is 23.1 Å². The second-order valence-corrected chi connectivity index (χ2v) is 8.79. The van der Waals surface area contributed by atoms with Crippen molar-refractivity contribution in [1.29, 1.82) is 0 Å². The minimum atomic E-state index is -0.476. The molecule has 0 fully saturated rings. The Labute approximate surface area is 216 Å². The number of halogens is 2. The molecule has 0 aliphatic carbocycles. The molecule has 1 amide bonds. The molecule has 0 aliphatic rings. The van der Waals surface area contributed by atoms with Gasteiger partial charge >= 0.3 is 0 Å². The number of nitrogens with one attached hydrogen (secondary N) is 1. The summed E-state index contributed by atoms with van der Waals surface area (Å²) in [6, 6.07) is 8.33. The SMILES string of the molecule is COCCN(C)C(=O)c1cc(Nc2ncc3cc(-c4c(Cl)cccc4Cl)c(=O)n(OC)c3n2)cn1C. The van der Waals surface area contributed by atoms with Gasteiger partial charge in [-0.25, -0.2) is 4.98 Å². The first-order valence-corrected chi connectivity index (χ1v) is 11.6. The predicted octanol–water partition coefficient (Wildman–Crippen LogP) is 3.62. The number of amides is 1. The highest BCUT2D eigenvalue weighted by molar-refractivity contribution is 6.39. The number of hydrogen-bond acceptors (Lipinski definition) is 7. The molecule has 0 radical (unpaired) electrons. The number of nitrogens with zero attached hydrogens (tertiary/aromatic N) is 5. The highest BCUT2D eigenvalue weighted by Gasteiger charge is 2.19. The van der Waals surface area contributed by atoms with E-state index in [1.54, 1.807) is 73.4 Å². The zero-order chi connectivity index (χ0) is 26.0. The number of methoxy groups -OCH3 is 1. The number of fused-ring (bicyclic) bond motifs is 1. The zero-order valence-electron chi connectivity index (χ0n) is 20.1. The van der Waals surface area contributed by atoms with E-state index in [1.807, 2.05) is 0 Å². The van der Waals surface area contributed by atoms with E-state index < -0.39 is 5.56 Å². The van der Waals surface area contributed by atoms with Gasteiger partial charge in [0.15, 0.2) is 5.65 Å². The number of benzene rings is 1. The fraction of sp³-hybridized carbons (Fsp3) is 0.250.